The second-order valence-electron chi connectivity index (χ2n) is 9.53. The van der Waals surface area contributed by atoms with E-state index in [0.717, 1.165) is 41.4 Å². The predicted molar refractivity (Wildman–Crippen MR) is 139 cm³/mol. The molecule has 0 saturated heterocycles. The highest BCUT2D eigenvalue weighted by molar-refractivity contribution is 5.99. The first-order valence-electron chi connectivity index (χ1n) is 12.0. The second-order valence-corrected chi connectivity index (χ2v) is 9.53. The fourth-order valence-electron chi connectivity index (χ4n) is 4.51. The Labute approximate surface area is 201 Å². The highest BCUT2D eigenvalue weighted by atomic mass is 16.1. The van der Waals surface area contributed by atoms with Crippen LogP contribution in [0.2, 0.25) is 0 Å². The number of nitrogens with one attached hydrogen (secondary N) is 3. The molecule has 0 unspecified atom stereocenters. The molecule has 0 atom stereocenters. The summed E-state index contributed by atoms with van der Waals surface area (Å²) in [6.07, 6.45) is 7.77. The fraction of sp³-hybridized carbons (Fsp3) is 0.423. The van der Waals surface area contributed by atoms with Gasteiger partial charge in [-0.05, 0) is 70.0 Å². The quantitative estimate of drug-likeness (QED) is 0.409. The van der Waals surface area contributed by atoms with Crippen LogP contribution < -0.4 is 16.0 Å². The summed E-state index contributed by atoms with van der Waals surface area (Å²) < 4.78 is 1.85. The monoisotopic (exact) mass is 461 g/mol. The third-order valence-corrected chi connectivity index (χ3v) is 6.49. The molecule has 3 aromatic rings. The third-order valence-electron chi connectivity index (χ3n) is 6.49. The zero-order chi connectivity index (χ0) is 24.2. The van der Waals surface area contributed by atoms with Gasteiger partial charge in [-0.1, -0.05) is 26.5 Å². The molecule has 0 spiro atoms. The summed E-state index contributed by atoms with van der Waals surface area (Å²) in [5.41, 5.74) is 3.49. The van der Waals surface area contributed by atoms with Gasteiger partial charge in [0.25, 0.3) is 0 Å². The molecule has 180 valence electrons. The van der Waals surface area contributed by atoms with Crippen LogP contribution in [0.3, 0.4) is 0 Å². The number of benzene rings is 1. The number of nitrogens with zero attached hydrogens (tertiary/aromatic N) is 4. The van der Waals surface area contributed by atoms with Gasteiger partial charge in [0.15, 0.2) is 5.65 Å². The lowest BCUT2D eigenvalue weighted by Crippen LogP contribution is -2.36. The van der Waals surface area contributed by atoms with Gasteiger partial charge in [0.1, 0.15) is 11.6 Å². The number of hydrogen-bond acceptors (Lipinski definition) is 6. The van der Waals surface area contributed by atoms with Crippen molar-refractivity contribution >= 4 is 34.6 Å². The van der Waals surface area contributed by atoms with Gasteiger partial charge < -0.3 is 20.9 Å². The topological polar surface area (TPSA) is 86.6 Å². The van der Waals surface area contributed by atoms with Crippen LogP contribution in [0, 0.1) is 0 Å². The Morgan fingerprint density at radius 2 is 1.91 bits per heavy atom. The van der Waals surface area contributed by atoms with Crippen LogP contribution in [0.4, 0.5) is 23.0 Å². The molecule has 2 aromatic heterocycles. The molecular formula is C26H35N7O. The van der Waals surface area contributed by atoms with Crippen molar-refractivity contribution in [1.82, 2.24) is 19.5 Å². The van der Waals surface area contributed by atoms with Gasteiger partial charge in [-0.15, -0.1) is 0 Å². The van der Waals surface area contributed by atoms with Crippen LogP contribution in [0.5, 0.6) is 0 Å². The Kier molecular flexibility index (Phi) is 7.17. The molecule has 34 heavy (non-hydrogen) atoms. The standard InChI is InChI=1S/C26H35N7O/c1-6-25(34)30-20-9-7-8-19(14-20)29-24-15-23(28-18-10-12-21(13-11-18)32(4)5)31-26-22(17(2)3)16-27-33(24)26/h6-9,14-18,21,29H,1,10-13H2,2-5H3,(H,28,31)(H,30,34). The summed E-state index contributed by atoms with van der Waals surface area (Å²) in [6, 6.07) is 10.6. The van der Waals surface area contributed by atoms with Gasteiger partial charge in [0.2, 0.25) is 5.91 Å². The Morgan fingerprint density at radius 1 is 1.18 bits per heavy atom. The molecule has 0 aliphatic heterocycles. The molecule has 1 fully saturated rings. The Balaban J connectivity index is 1.62. The molecular weight excluding hydrogens is 426 g/mol. The average molecular weight is 462 g/mol. The van der Waals surface area contributed by atoms with E-state index < -0.39 is 0 Å². The number of rotatable bonds is 8. The maximum absolute atomic E-state index is 11.7. The van der Waals surface area contributed by atoms with Crippen molar-refractivity contribution in [2.24, 2.45) is 0 Å². The van der Waals surface area contributed by atoms with E-state index >= 15 is 0 Å². The molecule has 1 aliphatic carbocycles. The van der Waals surface area contributed by atoms with E-state index in [4.69, 9.17) is 4.98 Å². The molecule has 8 nitrogen and oxygen atoms in total. The predicted octanol–water partition coefficient (Wildman–Crippen LogP) is 5.01. The molecule has 1 aliphatic rings. The minimum Gasteiger partial charge on any atom is -0.367 e. The van der Waals surface area contributed by atoms with Crippen LogP contribution in [0.1, 0.15) is 51.0 Å². The fourth-order valence-corrected chi connectivity index (χ4v) is 4.51. The normalized spacial score (nSPS) is 18.3. The SMILES string of the molecule is C=CC(=O)Nc1cccc(Nc2cc(NC3CCC(N(C)C)CC3)nc3c(C(C)C)cnn23)c1. The smallest absolute Gasteiger partial charge is 0.247 e. The summed E-state index contributed by atoms with van der Waals surface area (Å²) in [7, 11) is 4.33. The summed E-state index contributed by atoms with van der Waals surface area (Å²) >= 11 is 0. The molecule has 3 N–H and O–H groups in total. The zero-order valence-electron chi connectivity index (χ0n) is 20.5. The molecule has 0 bridgehead atoms. The molecule has 0 radical (unpaired) electrons. The van der Waals surface area contributed by atoms with Crippen molar-refractivity contribution in [2.75, 3.05) is 30.0 Å². The van der Waals surface area contributed by atoms with E-state index in [2.05, 4.69) is 60.5 Å². The largest absolute Gasteiger partial charge is 0.367 e. The number of anilines is 4. The van der Waals surface area contributed by atoms with E-state index in [-0.39, 0.29) is 5.91 Å². The van der Waals surface area contributed by atoms with Gasteiger partial charge in [-0.3, -0.25) is 4.79 Å². The lowest BCUT2D eigenvalue weighted by molar-refractivity contribution is -0.111. The molecule has 2 heterocycles. The second kappa shape index (κ2) is 10.3. The van der Waals surface area contributed by atoms with E-state index in [9.17, 15) is 4.79 Å². The summed E-state index contributed by atoms with van der Waals surface area (Å²) in [5, 5.41) is 14.6. The van der Waals surface area contributed by atoms with Crippen molar-refractivity contribution in [2.45, 2.75) is 57.5 Å². The van der Waals surface area contributed by atoms with E-state index in [1.54, 1.807) is 0 Å². The minimum absolute atomic E-state index is 0.243. The van der Waals surface area contributed by atoms with Gasteiger partial charge in [-0.2, -0.15) is 9.61 Å². The van der Waals surface area contributed by atoms with Crippen molar-refractivity contribution in [3.63, 3.8) is 0 Å². The average Bonchev–Trinajstić information content (AvgIpc) is 3.24. The maximum Gasteiger partial charge on any atom is 0.247 e. The number of carbonyl (C=O) groups excluding carboxylic acids is 1. The number of aromatic nitrogens is 3. The molecule has 1 saturated carbocycles. The van der Waals surface area contributed by atoms with Gasteiger partial charge in [-0.25, -0.2) is 4.98 Å². The van der Waals surface area contributed by atoms with Crippen molar-refractivity contribution < 1.29 is 4.79 Å². The zero-order valence-corrected chi connectivity index (χ0v) is 20.5. The van der Waals surface area contributed by atoms with Gasteiger partial charge in [0.05, 0.1) is 6.20 Å². The molecule has 8 heteroatoms. The first kappa shape index (κ1) is 23.8. The highest BCUT2D eigenvalue weighted by Gasteiger charge is 2.23. The number of carbonyl (C=O) groups is 1. The van der Waals surface area contributed by atoms with Crippen molar-refractivity contribution in [3.05, 3.63) is 54.7 Å². The van der Waals surface area contributed by atoms with Crippen LogP contribution in [0.25, 0.3) is 5.65 Å². The summed E-state index contributed by atoms with van der Waals surface area (Å²) in [4.78, 5) is 19.0. The third kappa shape index (κ3) is 5.39. The number of hydrogen-bond donors (Lipinski definition) is 3. The van der Waals surface area contributed by atoms with Crippen LogP contribution in [-0.4, -0.2) is 51.6 Å². The lowest BCUT2D eigenvalue weighted by atomic mass is 9.90. The Morgan fingerprint density at radius 3 is 2.59 bits per heavy atom. The Hall–Kier alpha value is -3.39. The van der Waals surface area contributed by atoms with Crippen molar-refractivity contribution in [3.8, 4) is 0 Å². The first-order valence-corrected chi connectivity index (χ1v) is 12.0. The van der Waals surface area contributed by atoms with E-state index in [1.807, 2.05) is 41.0 Å². The van der Waals surface area contributed by atoms with Crippen LogP contribution in [-0.2, 0) is 4.79 Å². The van der Waals surface area contributed by atoms with Gasteiger partial charge in [0, 0.05) is 35.1 Å². The first-order chi connectivity index (χ1) is 16.3. The summed E-state index contributed by atoms with van der Waals surface area (Å²) in [5.74, 6) is 1.73. The Bertz CT molecular complexity index is 1160. The van der Waals surface area contributed by atoms with Gasteiger partial charge >= 0.3 is 0 Å². The summed E-state index contributed by atoms with van der Waals surface area (Å²) in [6.45, 7) is 7.82. The van der Waals surface area contributed by atoms with Crippen LogP contribution >= 0.6 is 0 Å². The molecule has 1 aromatic carbocycles. The highest BCUT2D eigenvalue weighted by Crippen LogP contribution is 2.29. The molecule has 4 rings (SSSR count). The van der Waals surface area contributed by atoms with E-state index in [1.165, 1.54) is 18.9 Å². The van der Waals surface area contributed by atoms with Crippen molar-refractivity contribution in [1.29, 1.82) is 0 Å². The molecule has 1 amide bonds. The van der Waals surface area contributed by atoms with E-state index in [0.29, 0.717) is 23.7 Å². The van der Waals surface area contributed by atoms with Crippen LogP contribution in [0.15, 0.2) is 49.2 Å². The maximum atomic E-state index is 11.7. The lowest BCUT2D eigenvalue weighted by Gasteiger charge is -2.33. The minimum atomic E-state index is -0.243. The number of fused-ring (bicyclic) bond motifs is 1. The number of amides is 1.